The lowest BCUT2D eigenvalue weighted by atomic mass is 10.0. The molecule has 0 aliphatic carbocycles. The number of hydrogen-bond acceptors (Lipinski definition) is 4. The van der Waals surface area contributed by atoms with E-state index < -0.39 is 5.97 Å². The first kappa shape index (κ1) is 16.9. The first-order valence-electron chi connectivity index (χ1n) is 7.30. The number of nitrogens with zero attached hydrogens (tertiary/aromatic N) is 1. The molecule has 0 bridgehead atoms. The number of aromatic nitrogens is 1. The van der Waals surface area contributed by atoms with Crippen LogP contribution in [-0.4, -0.2) is 17.7 Å². The van der Waals surface area contributed by atoms with Crippen molar-refractivity contribution in [3.05, 3.63) is 63.0 Å². The summed E-state index contributed by atoms with van der Waals surface area (Å²) in [5.74, 6) is -0.0815. The largest absolute Gasteiger partial charge is 0.462 e. The van der Waals surface area contributed by atoms with Crippen molar-refractivity contribution >= 4 is 37.8 Å². The van der Waals surface area contributed by atoms with Gasteiger partial charge in [-0.1, -0.05) is 67.3 Å². The Morgan fingerprint density at radius 2 is 1.62 bits per heavy atom. The predicted octanol–water partition coefficient (Wildman–Crippen LogP) is 5.71. The van der Waals surface area contributed by atoms with E-state index >= 15 is 0 Å². The van der Waals surface area contributed by atoms with Gasteiger partial charge in [-0.25, -0.2) is 4.79 Å². The molecule has 3 rings (SSSR count). The number of carbonyl (C=O) groups is 1. The van der Waals surface area contributed by atoms with E-state index in [9.17, 15) is 4.79 Å². The van der Waals surface area contributed by atoms with E-state index in [1.54, 1.807) is 6.92 Å². The first-order chi connectivity index (χ1) is 11.6. The zero-order chi connectivity index (χ0) is 17.1. The van der Waals surface area contributed by atoms with Crippen molar-refractivity contribution in [3.8, 4) is 22.6 Å². The number of esters is 1. The monoisotopic (exact) mass is 449 g/mol. The van der Waals surface area contributed by atoms with Gasteiger partial charge in [0, 0.05) is 20.1 Å². The van der Waals surface area contributed by atoms with Crippen LogP contribution in [0.25, 0.3) is 22.6 Å². The highest BCUT2D eigenvalue weighted by Crippen LogP contribution is 2.38. The normalized spacial score (nSPS) is 10.6. The fraction of sp³-hybridized carbons (Fsp3) is 0.111. The van der Waals surface area contributed by atoms with E-state index in [1.807, 2.05) is 48.5 Å². The van der Waals surface area contributed by atoms with Gasteiger partial charge < -0.3 is 9.26 Å². The van der Waals surface area contributed by atoms with Crippen LogP contribution in [0.1, 0.15) is 17.3 Å². The third-order valence-electron chi connectivity index (χ3n) is 3.42. The van der Waals surface area contributed by atoms with Crippen molar-refractivity contribution in [1.82, 2.24) is 5.16 Å². The summed E-state index contributed by atoms with van der Waals surface area (Å²) < 4.78 is 12.4. The van der Waals surface area contributed by atoms with Crippen molar-refractivity contribution in [1.29, 1.82) is 0 Å². The fourth-order valence-electron chi connectivity index (χ4n) is 2.35. The van der Waals surface area contributed by atoms with Crippen molar-refractivity contribution in [2.45, 2.75) is 6.92 Å². The Morgan fingerprint density at radius 1 is 1.04 bits per heavy atom. The van der Waals surface area contributed by atoms with Crippen LogP contribution in [0, 0.1) is 0 Å². The van der Waals surface area contributed by atoms with Crippen molar-refractivity contribution in [2.75, 3.05) is 6.61 Å². The SMILES string of the molecule is CCOC(=O)c1c(-c2ccccc2Br)noc1-c1ccccc1Br. The molecular weight excluding hydrogens is 438 g/mol. The Balaban J connectivity index is 2.24. The number of benzene rings is 2. The number of ether oxygens (including phenoxy) is 1. The van der Waals surface area contributed by atoms with E-state index in [1.165, 1.54) is 0 Å². The lowest BCUT2D eigenvalue weighted by Crippen LogP contribution is -2.07. The van der Waals surface area contributed by atoms with Crippen LogP contribution in [0.4, 0.5) is 0 Å². The molecule has 0 spiro atoms. The van der Waals surface area contributed by atoms with Crippen LogP contribution < -0.4 is 0 Å². The standard InChI is InChI=1S/C18H13Br2NO3/c1-2-23-18(22)15-16(11-7-3-5-9-13(11)19)21-24-17(15)12-8-4-6-10-14(12)20/h3-10H,2H2,1H3. The lowest BCUT2D eigenvalue weighted by molar-refractivity contribution is 0.0527. The number of hydrogen-bond donors (Lipinski definition) is 0. The average molecular weight is 451 g/mol. The fourth-order valence-corrected chi connectivity index (χ4v) is 3.29. The van der Waals surface area contributed by atoms with Crippen molar-refractivity contribution in [2.24, 2.45) is 0 Å². The van der Waals surface area contributed by atoms with E-state index in [-0.39, 0.29) is 6.61 Å². The molecule has 0 saturated carbocycles. The second-order valence-electron chi connectivity index (χ2n) is 4.92. The molecule has 2 aromatic carbocycles. The molecule has 0 radical (unpaired) electrons. The van der Waals surface area contributed by atoms with Gasteiger partial charge in [-0.05, 0) is 25.1 Å². The Kier molecular flexibility index (Phi) is 5.16. The molecule has 0 unspecified atom stereocenters. The molecule has 0 saturated heterocycles. The third kappa shape index (κ3) is 3.16. The quantitative estimate of drug-likeness (QED) is 0.477. The second-order valence-corrected chi connectivity index (χ2v) is 6.62. The summed E-state index contributed by atoms with van der Waals surface area (Å²) in [5, 5.41) is 4.14. The van der Waals surface area contributed by atoms with Crippen LogP contribution in [0.15, 0.2) is 62.0 Å². The Hall–Kier alpha value is -1.92. The number of halogens is 2. The van der Waals surface area contributed by atoms with E-state index in [0.717, 1.165) is 20.1 Å². The van der Waals surface area contributed by atoms with Gasteiger partial charge in [0.25, 0.3) is 0 Å². The summed E-state index contributed by atoms with van der Waals surface area (Å²) in [6.45, 7) is 2.04. The number of carbonyl (C=O) groups excluding carboxylic acids is 1. The van der Waals surface area contributed by atoms with Gasteiger partial charge in [-0.15, -0.1) is 0 Å². The smallest absolute Gasteiger partial charge is 0.344 e. The summed E-state index contributed by atoms with van der Waals surface area (Å²) in [5.41, 5.74) is 2.27. The van der Waals surface area contributed by atoms with Crippen LogP contribution in [-0.2, 0) is 4.74 Å². The summed E-state index contributed by atoms with van der Waals surface area (Å²) in [7, 11) is 0. The van der Waals surface area contributed by atoms with Crippen LogP contribution in [0.5, 0.6) is 0 Å². The molecular formula is C18H13Br2NO3. The topological polar surface area (TPSA) is 52.3 Å². The molecule has 0 aliphatic heterocycles. The maximum absolute atomic E-state index is 12.6. The van der Waals surface area contributed by atoms with Gasteiger partial charge in [-0.3, -0.25) is 0 Å². The minimum Gasteiger partial charge on any atom is -0.462 e. The molecule has 0 atom stereocenters. The minimum absolute atomic E-state index is 0.273. The molecule has 122 valence electrons. The van der Waals surface area contributed by atoms with E-state index in [2.05, 4.69) is 37.0 Å². The maximum Gasteiger partial charge on any atom is 0.344 e. The summed E-state index contributed by atoms with van der Waals surface area (Å²) in [6, 6.07) is 15.0. The number of rotatable bonds is 4. The molecule has 0 amide bonds. The molecule has 1 heterocycles. The van der Waals surface area contributed by atoms with Gasteiger partial charge in [-0.2, -0.15) is 0 Å². The first-order valence-corrected chi connectivity index (χ1v) is 8.88. The van der Waals surface area contributed by atoms with Crippen molar-refractivity contribution < 1.29 is 14.1 Å². The molecule has 4 nitrogen and oxygen atoms in total. The molecule has 6 heteroatoms. The van der Waals surface area contributed by atoms with Crippen LogP contribution >= 0.6 is 31.9 Å². The predicted molar refractivity (Wildman–Crippen MR) is 98.7 cm³/mol. The zero-order valence-corrected chi connectivity index (χ0v) is 15.9. The lowest BCUT2D eigenvalue weighted by Gasteiger charge is -2.06. The molecule has 0 fully saturated rings. The zero-order valence-electron chi connectivity index (χ0n) is 12.8. The van der Waals surface area contributed by atoms with Gasteiger partial charge in [0.1, 0.15) is 11.3 Å². The third-order valence-corrected chi connectivity index (χ3v) is 4.80. The molecule has 0 N–H and O–H groups in total. The summed E-state index contributed by atoms with van der Waals surface area (Å²) in [6.07, 6.45) is 0. The van der Waals surface area contributed by atoms with Gasteiger partial charge in [0.05, 0.1) is 6.61 Å². The van der Waals surface area contributed by atoms with E-state index in [0.29, 0.717) is 17.0 Å². The highest BCUT2D eigenvalue weighted by Gasteiger charge is 2.28. The summed E-state index contributed by atoms with van der Waals surface area (Å²) >= 11 is 6.98. The molecule has 24 heavy (non-hydrogen) atoms. The molecule has 0 aliphatic rings. The minimum atomic E-state index is -0.463. The molecule has 3 aromatic rings. The van der Waals surface area contributed by atoms with Crippen LogP contribution in [0.3, 0.4) is 0 Å². The molecule has 1 aromatic heterocycles. The Morgan fingerprint density at radius 3 is 2.21 bits per heavy atom. The van der Waals surface area contributed by atoms with E-state index in [4.69, 9.17) is 9.26 Å². The second kappa shape index (κ2) is 7.32. The van der Waals surface area contributed by atoms with Crippen LogP contribution in [0.2, 0.25) is 0 Å². The average Bonchev–Trinajstić information content (AvgIpc) is 3.00. The Labute approximate surface area is 156 Å². The Bertz CT molecular complexity index is 826. The van der Waals surface area contributed by atoms with Gasteiger partial charge in [0.2, 0.25) is 0 Å². The highest BCUT2D eigenvalue weighted by molar-refractivity contribution is 9.11. The van der Waals surface area contributed by atoms with Gasteiger partial charge >= 0.3 is 5.97 Å². The van der Waals surface area contributed by atoms with Gasteiger partial charge in [0.15, 0.2) is 5.76 Å². The maximum atomic E-state index is 12.6. The summed E-state index contributed by atoms with van der Waals surface area (Å²) in [4.78, 5) is 12.6. The van der Waals surface area contributed by atoms with Crippen molar-refractivity contribution in [3.63, 3.8) is 0 Å². The highest BCUT2D eigenvalue weighted by atomic mass is 79.9.